The molecule has 0 N–H and O–H groups in total. The average Bonchev–Trinajstić information content (AvgIpc) is 3.30. The molecule has 8 aromatic rings. The Balaban J connectivity index is 1.24. The summed E-state index contributed by atoms with van der Waals surface area (Å²) in [5.41, 5.74) is 7.07. The van der Waals surface area contributed by atoms with Crippen molar-refractivity contribution < 1.29 is 18.9 Å². The molecule has 0 aliphatic rings. The van der Waals surface area contributed by atoms with E-state index in [1.165, 1.54) is 49.6 Å². The zero-order valence-electron chi connectivity index (χ0n) is 32.0. The van der Waals surface area contributed by atoms with Gasteiger partial charge in [0.1, 0.15) is 0 Å². The van der Waals surface area contributed by atoms with Crippen molar-refractivity contribution >= 4 is 45.5 Å². The van der Waals surface area contributed by atoms with Gasteiger partial charge in [0.25, 0.3) is 0 Å². The Morgan fingerprint density at radius 1 is 0.230 bits per heavy atom. The summed E-state index contributed by atoms with van der Waals surface area (Å²) >= 11 is 0. The molecule has 4 aromatic heterocycles. The molecule has 0 saturated heterocycles. The van der Waals surface area contributed by atoms with Crippen LogP contribution in [0.2, 0.25) is 0 Å². The van der Waals surface area contributed by atoms with Crippen molar-refractivity contribution in [1.29, 1.82) is 0 Å². The van der Waals surface area contributed by atoms with Crippen molar-refractivity contribution in [3.8, 4) is 0 Å². The summed E-state index contributed by atoms with van der Waals surface area (Å²) in [6.07, 6.45) is 10.9. The summed E-state index contributed by atoms with van der Waals surface area (Å²) in [6, 6.07) is 43.6. The van der Waals surface area contributed by atoms with Gasteiger partial charge in [-0.05, 0) is 70.8 Å². The average molecular weight is 805 g/mol. The molecule has 16 heteroatoms. The summed E-state index contributed by atoms with van der Waals surface area (Å²) in [5.74, 6) is 0. The summed E-state index contributed by atoms with van der Waals surface area (Å²) in [6.45, 7) is 0. The first-order valence-corrected chi connectivity index (χ1v) is 18.6. The van der Waals surface area contributed by atoms with Crippen molar-refractivity contribution in [2.75, 3.05) is 0 Å². The van der Waals surface area contributed by atoms with E-state index >= 15 is 0 Å². The molecule has 0 aliphatic heterocycles. The molecule has 16 nitrogen and oxygen atoms in total. The van der Waals surface area contributed by atoms with E-state index in [0.29, 0.717) is 64.4 Å². The van der Waals surface area contributed by atoms with Crippen LogP contribution in [-0.2, 0) is 5.41 Å². The number of aromatic nitrogens is 4. The molecule has 4 aromatic carbocycles. The standard InChI is InChI=1S/C45H32N12O4/c58-54-25-17-41(18-26-54)50-46-37-9-1-33(2-10-37)45(34-3-11-38(12-4-34)47-51-42-19-27-55(59)28-20-42,35-5-13-39(14-6-35)48-52-43-21-29-56(60)30-22-43)36-7-15-40(16-8-36)49-53-44-23-31-57(61)32-24-44/h1-32H. The van der Waals surface area contributed by atoms with Crippen LogP contribution >= 0.6 is 0 Å². The Morgan fingerprint density at radius 3 is 0.541 bits per heavy atom. The highest BCUT2D eigenvalue weighted by Crippen LogP contribution is 2.47. The van der Waals surface area contributed by atoms with E-state index in [2.05, 4.69) is 40.9 Å². The van der Waals surface area contributed by atoms with Gasteiger partial charge in [-0.2, -0.15) is 59.8 Å². The van der Waals surface area contributed by atoms with Gasteiger partial charge >= 0.3 is 0 Å². The fourth-order valence-electron chi connectivity index (χ4n) is 6.46. The van der Waals surface area contributed by atoms with Crippen LogP contribution in [0, 0.1) is 20.8 Å². The van der Waals surface area contributed by atoms with Gasteiger partial charge in [-0.25, -0.2) is 0 Å². The minimum Gasteiger partial charge on any atom is -0.619 e. The molecule has 296 valence electrons. The number of pyridine rings is 4. The van der Waals surface area contributed by atoms with E-state index in [1.807, 2.05) is 97.1 Å². The number of nitrogens with zero attached hydrogens (tertiary/aromatic N) is 12. The molecule has 61 heavy (non-hydrogen) atoms. The minimum absolute atomic E-state index is 0.529. The molecule has 0 unspecified atom stereocenters. The zero-order chi connectivity index (χ0) is 42.0. The summed E-state index contributed by atoms with van der Waals surface area (Å²) in [4.78, 5) is 0. The maximum atomic E-state index is 11.5. The van der Waals surface area contributed by atoms with Gasteiger partial charge < -0.3 is 20.8 Å². The maximum absolute atomic E-state index is 11.5. The molecule has 0 fully saturated rings. The van der Waals surface area contributed by atoms with Crippen LogP contribution in [0.3, 0.4) is 0 Å². The van der Waals surface area contributed by atoms with E-state index in [1.54, 1.807) is 48.5 Å². The van der Waals surface area contributed by atoms with Gasteiger partial charge in [0.05, 0.1) is 50.9 Å². The number of benzene rings is 4. The Bertz CT molecular complexity index is 2430. The summed E-state index contributed by atoms with van der Waals surface area (Å²) in [7, 11) is 0. The van der Waals surface area contributed by atoms with E-state index in [-0.39, 0.29) is 0 Å². The molecular weight excluding hydrogens is 773 g/mol. The maximum Gasteiger partial charge on any atom is 0.182 e. The lowest BCUT2D eigenvalue weighted by molar-refractivity contribution is -0.605. The third-order valence-corrected chi connectivity index (χ3v) is 9.46. The van der Waals surface area contributed by atoms with E-state index < -0.39 is 5.41 Å². The van der Waals surface area contributed by atoms with E-state index in [9.17, 15) is 20.8 Å². The van der Waals surface area contributed by atoms with Crippen LogP contribution in [0.15, 0.2) is 236 Å². The Hall–Kier alpha value is -8.92. The van der Waals surface area contributed by atoms with E-state index in [4.69, 9.17) is 0 Å². The second-order valence-electron chi connectivity index (χ2n) is 13.4. The molecule has 8 rings (SSSR count). The Kier molecular flexibility index (Phi) is 11.3. The highest BCUT2D eigenvalue weighted by Gasteiger charge is 2.38. The van der Waals surface area contributed by atoms with E-state index in [0.717, 1.165) is 22.3 Å². The molecule has 0 amide bonds. The smallest absolute Gasteiger partial charge is 0.182 e. The largest absolute Gasteiger partial charge is 0.619 e. The molecule has 0 radical (unpaired) electrons. The highest BCUT2D eigenvalue weighted by atomic mass is 16.5. The predicted molar refractivity (Wildman–Crippen MR) is 223 cm³/mol. The molecule has 0 spiro atoms. The van der Waals surface area contributed by atoms with Crippen LogP contribution in [0.1, 0.15) is 22.3 Å². The highest BCUT2D eigenvalue weighted by molar-refractivity contribution is 5.64. The number of hydrogen-bond donors (Lipinski definition) is 0. The quantitative estimate of drug-likeness (QED) is 0.0511. The van der Waals surface area contributed by atoms with Crippen molar-refractivity contribution in [3.63, 3.8) is 0 Å². The Labute approximate surface area is 348 Å². The summed E-state index contributed by atoms with van der Waals surface area (Å²) < 4.78 is 2.72. The van der Waals surface area contributed by atoms with Crippen molar-refractivity contribution in [2.45, 2.75) is 5.41 Å². The third-order valence-electron chi connectivity index (χ3n) is 9.46. The normalized spacial score (nSPS) is 12.7. The van der Waals surface area contributed by atoms with Crippen LogP contribution < -0.4 is 18.9 Å². The van der Waals surface area contributed by atoms with Gasteiger partial charge in [-0.3, -0.25) is 0 Å². The third kappa shape index (κ3) is 9.29. The van der Waals surface area contributed by atoms with Crippen molar-refractivity contribution in [2.24, 2.45) is 40.9 Å². The lowest BCUT2D eigenvalue weighted by Gasteiger charge is -2.37. The topological polar surface area (TPSA) is 207 Å². The Morgan fingerprint density at radius 2 is 0.377 bits per heavy atom. The monoisotopic (exact) mass is 804 g/mol. The first kappa shape index (κ1) is 38.9. The molecule has 0 atom stereocenters. The second kappa shape index (κ2) is 17.7. The number of rotatable bonds is 12. The lowest BCUT2D eigenvalue weighted by Crippen LogP contribution is -2.30. The van der Waals surface area contributed by atoms with Crippen LogP contribution in [-0.4, -0.2) is 0 Å². The number of hydrogen-bond acceptors (Lipinski definition) is 12. The minimum atomic E-state index is -0.957. The van der Waals surface area contributed by atoms with Crippen molar-refractivity contribution in [1.82, 2.24) is 0 Å². The lowest BCUT2D eigenvalue weighted by atomic mass is 9.65. The van der Waals surface area contributed by atoms with Gasteiger partial charge in [0.15, 0.2) is 49.6 Å². The molecular formula is C45H32N12O4. The molecule has 0 aliphatic carbocycles. The molecule has 0 bridgehead atoms. The molecule has 0 saturated carbocycles. The summed E-state index contributed by atoms with van der Waals surface area (Å²) in [5, 5.41) is 81.0. The van der Waals surface area contributed by atoms with Gasteiger partial charge in [-0.1, -0.05) is 48.5 Å². The van der Waals surface area contributed by atoms with Gasteiger partial charge in [0, 0.05) is 48.5 Å². The fraction of sp³-hybridized carbons (Fsp3) is 0.0222. The predicted octanol–water partition coefficient (Wildman–Crippen LogP) is 10.3. The van der Waals surface area contributed by atoms with Crippen LogP contribution in [0.4, 0.5) is 45.5 Å². The first-order chi connectivity index (χ1) is 29.8. The SMILES string of the molecule is [O-][n+]1ccc(N=Nc2ccc(C(c3ccc(N=Nc4cc[n+]([O-])cc4)cc3)(c3ccc(N=Nc4cc[n+]([O-])cc4)cc3)c3ccc(N=Nc4cc[n+]([O-])cc4)cc3)cc2)cc1. The van der Waals surface area contributed by atoms with Gasteiger partial charge in [-0.15, -0.1) is 0 Å². The van der Waals surface area contributed by atoms with Crippen molar-refractivity contribution in [3.05, 3.63) is 238 Å². The second-order valence-corrected chi connectivity index (χ2v) is 13.4. The first-order valence-electron chi connectivity index (χ1n) is 18.6. The fourth-order valence-corrected chi connectivity index (χ4v) is 6.46. The zero-order valence-corrected chi connectivity index (χ0v) is 32.0. The number of azo groups is 4. The van der Waals surface area contributed by atoms with Gasteiger partial charge in [0.2, 0.25) is 0 Å². The van der Waals surface area contributed by atoms with Crippen LogP contribution in [0.25, 0.3) is 0 Å². The molecule has 4 heterocycles. The van der Waals surface area contributed by atoms with Crippen LogP contribution in [0.5, 0.6) is 0 Å².